The van der Waals surface area contributed by atoms with Gasteiger partial charge in [-0.05, 0) is 12.8 Å². The number of hydrogen-bond acceptors (Lipinski definition) is 2. The highest BCUT2D eigenvalue weighted by Crippen LogP contribution is 2.30. The minimum atomic E-state index is 0.108. The second-order valence-corrected chi connectivity index (χ2v) is 3.76. The molecule has 0 N–H and O–H groups in total. The summed E-state index contributed by atoms with van der Waals surface area (Å²) in [6.45, 7) is 5.30. The van der Waals surface area contributed by atoms with Gasteiger partial charge in [0.15, 0.2) is 0 Å². The zero-order valence-corrected chi connectivity index (χ0v) is 8.40. The maximum atomic E-state index is 5.88. The van der Waals surface area contributed by atoms with Crippen molar-refractivity contribution in [2.24, 2.45) is 5.41 Å². The van der Waals surface area contributed by atoms with Gasteiger partial charge in [0, 0.05) is 24.5 Å². The number of hydrogen-bond donors (Lipinski definition) is 0. The van der Waals surface area contributed by atoms with Gasteiger partial charge in [-0.25, -0.2) is 0 Å². The third kappa shape index (κ3) is 2.61. The van der Waals surface area contributed by atoms with Gasteiger partial charge in [0.05, 0.1) is 13.2 Å². The molecule has 1 aliphatic rings. The standard InChI is InChI=1S/C9H17ClO2/c1-2-4-11-7-9(6-10)3-5-12-8-9/h2-8H2,1H3. The smallest absolute Gasteiger partial charge is 0.0556 e. The molecular weight excluding hydrogens is 176 g/mol. The maximum absolute atomic E-state index is 5.88. The van der Waals surface area contributed by atoms with E-state index in [-0.39, 0.29) is 5.41 Å². The molecule has 0 spiro atoms. The monoisotopic (exact) mass is 192 g/mol. The van der Waals surface area contributed by atoms with Gasteiger partial charge in [-0.1, -0.05) is 6.92 Å². The molecule has 1 atom stereocenters. The molecule has 0 amide bonds. The maximum Gasteiger partial charge on any atom is 0.0556 e. The van der Waals surface area contributed by atoms with Crippen LogP contribution in [0.5, 0.6) is 0 Å². The van der Waals surface area contributed by atoms with E-state index in [1.54, 1.807) is 0 Å². The van der Waals surface area contributed by atoms with Gasteiger partial charge in [-0.3, -0.25) is 0 Å². The summed E-state index contributed by atoms with van der Waals surface area (Å²) in [5.74, 6) is 0.650. The van der Waals surface area contributed by atoms with Crippen molar-refractivity contribution in [1.29, 1.82) is 0 Å². The highest BCUT2D eigenvalue weighted by atomic mass is 35.5. The fourth-order valence-corrected chi connectivity index (χ4v) is 1.63. The van der Waals surface area contributed by atoms with Crippen LogP contribution >= 0.6 is 11.6 Å². The second-order valence-electron chi connectivity index (χ2n) is 3.49. The quantitative estimate of drug-likeness (QED) is 0.491. The van der Waals surface area contributed by atoms with Gasteiger partial charge in [-0.2, -0.15) is 0 Å². The Morgan fingerprint density at radius 1 is 1.58 bits per heavy atom. The summed E-state index contributed by atoms with van der Waals surface area (Å²) in [7, 11) is 0. The zero-order chi connectivity index (χ0) is 8.86. The van der Waals surface area contributed by atoms with Crippen molar-refractivity contribution in [3.8, 4) is 0 Å². The van der Waals surface area contributed by atoms with E-state index in [1.165, 1.54) is 0 Å². The van der Waals surface area contributed by atoms with Crippen LogP contribution in [0.3, 0.4) is 0 Å². The average molecular weight is 193 g/mol. The Morgan fingerprint density at radius 2 is 2.42 bits per heavy atom. The molecule has 1 rings (SSSR count). The van der Waals surface area contributed by atoms with Gasteiger partial charge in [0.25, 0.3) is 0 Å². The molecule has 0 bridgehead atoms. The molecule has 1 fully saturated rings. The van der Waals surface area contributed by atoms with Crippen molar-refractivity contribution in [1.82, 2.24) is 0 Å². The number of ether oxygens (including phenoxy) is 2. The fraction of sp³-hybridized carbons (Fsp3) is 1.00. The van der Waals surface area contributed by atoms with Gasteiger partial charge in [-0.15, -0.1) is 11.6 Å². The Hall–Kier alpha value is 0.210. The van der Waals surface area contributed by atoms with Crippen molar-refractivity contribution in [2.45, 2.75) is 19.8 Å². The molecule has 0 aromatic carbocycles. The first-order valence-corrected chi connectivity index (χ1v) is 5.08. The average Bonchev–Trinajstić information content (AvgIpc) is 2.55. The summed E-state index contributed by atoms with van der Waals surface area (Å²) in [5, 5.41) is 0. The predicted molar refractivity (Wildman–Crippen MR) is 49.7 cm³/mol. The molecule has 0 aromatic rings. The third-order valence-corrected chi connectivity index (χ3v) is 2.79. The summed E-state index contributed by atoms with van der Waals surface area (Å²) in [6, 6.07) is 0. The molecule has 72 valence electrons. The molecule has 1 saturated heterocycles. The van der Waals surface area contributed by atoms with Gasteiger partial charge < -0.3 is 9.47 Å². The Kier molecular flexibility index (Phi) is 4.33. The van der Waals surface area contributed by atoms with E-state index in [9.17, 15) is 0 Å². The summed E-state index contributed by atoms with van der Waals surface area (Å²) in [6.07, 6.45) is 2.11. The topological polar surface area (TPSA) is 18.5 Å². The number of alkyl halides is 1. The van der Waals surface area contributed by atoms with Crippen LogP contribution in [0.2, 0.25) is 0 Å². The van der Waals surface area contributed by atoms with Gasteiger partial charge in [0.1, 0.15) is 0 Å². The Labute approximate surface area is 79.2 Å². The first-order chi connectivity index (χ1) is 5.83. The van der Waals surface area contributed by atoms with Crippen LogP contribution in [-0.4, -0.2) is 32.3 Å². The van der Waals surface area contributed by atoms with Gasteiger partial charge >= 0.3 is 0 Å². The minimum absolute atomic E-state index is 0.108. The van der Waals surface area contributed by atoms with E-state index in [1.807, 2.05) is 0 Å². The van der Waals surface area contributed by atoms with Crippen molar-refractivity contribution >= 4 is 11.6 Å². The van der Waals surface area contributed by atoms with Gasteiger partial charge in [0.2, 0.25) is 0 Å². The van der Waals surface area contributed by atoms with Crippen LogP contribution in [0.15, 0.2) is 0 Å². The van der Waals surface area contributed by atoms with Crippen LogP contribution < -0.4 is 0 Å². The second kappa shape index (κ2) is 5.05. The Balaban J connectivity index is 2.24. The highest BCUT2D eigenvalue weighted by Gasteiger charge is 2.34. The first-order valence-electron chi connectivity index (χ1n) is 4.54. The first kappa shape index (κ1) is 10.3. The third-order valence-electron chi connectivity index (χ3n) is 2.23. The van der Waals surface area contributed by atoms with Crippen LogP contribution in [0.25, 0.3) is 0 Å². The fourth-order valence-electron chi connectivity index (χ4n) is 1.34. The molecule has 0 aromatic heterocycles. The summed E-state index contributed by atoms with van der Waals surface area (Å²) >= 11 is 5.88. The zero-order valence-electron chi connectivity index (χ0n) is 7.64. The lowest BCUT2D eigenvalue weighted by Gasteiger charge is -2.23. The summed E-state index contributed by atoms with van der Waals surface area (Å²) in [4.78, 5) is 0. The molecule has 3 heteroatoms. The normalized spacial score (nSPS) is 29.5. The van der Waals surface area contributed by atoms with E-state index >= 15 is 0 Å². The van der Waals surface area contributed by atoms with Crippen molar-refractivity contribution in [2.75, 3.05) is 32.3 Å². The molecular formula is C9H17ClO2. The minimum Gasteiger partial charge on any atom is -0.381 e. The molecule has 12 heavy (non-hydrogen) atoms. The van der Waals surface area contributed by atoms with E-state index in [2.05, 4.69) is 6.92 Å². The van der Waals surface area contributed by atoms with Crippen molar-refractivity contribution in [3.63, 3.8) is 0 Å². The lowest BCUT2D eigenvalue weighted by molar-refractivity contribution is 0.0459. The van der Waals surface area contributed by atoms with Crippen molar-refractivity contribution in [3.05, 3.63) is 0 Å². The summed E-state index contributed by atoms with van der Waals surface area (Å²) in [5.41, 5.74) is 0.108. The highest BCUT2D eigenvalue weighted by molar-refractivity contribution is 6.18. The van der Waals surface area contributed by atoms with Crippen LogP contribution in [0.1, 0.15) is 19.8 Å². The molecule has 1 heterocycles. The lowest BCUT2D eigenvalue weighted by atomic mass is 9.91. The lowest BCUT2D eigenvalue weighted by Crippen LogP contribution is -2.29. The molecule has 0 aliphatic carbocycles. The Morgan fingerprint density at radius 3 is 2.92 bits per heavy atom. The largest absolute Gasteiger partial charge is 0.381 e. The Bertz CT molecular complexity index is 122. The molecule has 0 saturated carbocycles. The summed E-state index contributed by atoms with van der Waals surface area (Å²) < 4.78 is 10.8. The van der Waals surface area contributed by atoms with Crippen LogP contribution in [0, 0.1) is 5.41 Å². The van der Waals surface area contributed by atoms with Crippen molar-refractivity contribution < 1.29 is 9.47 Å². The molecule has 1 unspecified atom stereocenters. The van der Waals surface area contributed by atoms with E-state index in [0.29, 0.717) is 5.88 Å². The SMILES string of the molecule is CCCOCC1(CCl)CCOC1. The molecule has 0 radical (unpaired) electrons. The number of halogens is 1. The number of rotatable bonds is 5. The predicted octanol–water partition coefficient (Wildman–Crippen LogP) is 2.06. The van der Waals surface area contributed by atoms with E-state index < -0.39 is 0 Å². The molecule has 2 nitrogen and oxygen atoms in total. The van der Waals surface area contributed by atoms with E-state index in [0.717, 1.165) is 39.3 Å². The van der Waals surface area contributed by atoms with Crippen LogP contribution in [0.4, 0.5) is 0 Å². The van der Waals surface area contributed by atoms with Crippen LogP contribution in [-0.2, 0) is 9.47 Å². The van der Waals surface area contributed by atoms with E-state index in [4.69, 9.17) is 21.1 Å². The molecule has 1 aliphatic heterocycles.